The van der Waals surface area contributed by atoms with Gasteiger partial charge in [-0.3, -0.25) is 4.79 Å². The van der Waals surface area contributed by atoms with E-state index in [1.165, 1.54) is 18.2 Å². The van der Waals surface area contributed by atoms with Crippen molar-refractivity contribution in [1.29, 1.82) is 5.26 Å². The number of alkyl halides is 3. The van der Waals surface area contributed by atoms with E-state index < -0.39 is 23.3 Å². The lowest BCUT2D eigenvalue weighted by atomic mass is 10.1. The number of para-hydroxylation sites is 1. The van der Waals surface area contributed by atoms with Gasteiger partial charge in [-0.15, -0.1) is 0 Å². The zero-order chi connectivity index (χ0) is 22.9. The maximum atomic E-state index is 13.1. The van der Waals surface area contributed by atoms with Crippen LogP contribution in [-0.4, -0.2) is 19.1 Å². The molecule has 0 bridgehead atoms. The second-order valence-electron chi connectivity index (χ2n) is 6.51. The van der Waals surface area contributed by atoms with Gasteiger partial charge in [0, 0.05) is 0 Å². The van der Waals surface area contributed by atoms with Crippen LogP contribution in [0.2, 0.25) is 0 Å². The van der Waals surface area contributed by atoms with Gasteiger partial charge in [0.15, 0.2) is 11.5 Å². The molecule has 0 saturated carbocycles. The molecule has 0 aliphatic heterocycles. The molecule has 1 N–H and O–H groups in total. The highest BCUT2D eigenvalue weighted by molar-refractivity contribution is 6.10. The molecule has 0 fully saturated rings. The highest BCUT2D eigenvalue weighted by atomic mass is 19.4. The van der Waals surface area contributed by atoms with E-state index in [-0.39, 0.29) is 5.57 Å². The third-order valence-electron chi connectivity index (χ3n) is 4.18. The summed E-state index contributed by atoms with van der Waals surface area (Å²) in [5, 5.41) is 11.5. The number of ether oxygens (including phenoxy) is 2. The molecule has 2 rings (SSSR count). The van der Waals surface area contributed by atoms with Gasteiger partial charge in [-0.2, -0.15) is 18.4 Å². The van der Waals surface area contributed by atoms with E-state index in [0.717, 1.165) is 25.0 Å². The topological polar surface area (TPSA) is 71.3 Å². The Bertz CT molecular complexity index is 979. The molecule has 0 spiro atoms. The van der Waals surface area contributed by atoms with Gasteiger partial charge in [0.25, 0.3) is 5.91 Å². The molecular formula is C23H23F3N2O3. The molecule has 0 radical (unpaired) electrons. The Morgan fingerprint density at radius 2 is 1.87 bits per heavy atom. The normalized spacial score (nSPS) is 11.5. The molecule has 164 valence electrons. The van der Waals surface area contributed by atoms with Crippen molar-refractivity contribution in [3.63, 3.8) is 0 Å². The number of nitrogens with one attached hydrogen (secondary N) is 1. The predicted octanol–water partition coefficient (Wildman–Crippen LogP) is 5.83. The molecule has 0 atom stereocenters. The molecule has 0 heterocycles. The second kappa shape index (κ2) is 11.1. The maximum absolute atomic E-state index is 13.1. The molecule has 8 heteroatoms. The van der Waals surface area contributed by atoms with E-state index >= 15 is 0 Å². The number of nitrogens with zero attached hydrogens (tertiary/aromatic N) is 1. The van der Waals surface area contributed by atoms with Crippen molar-refractivity contribution in [2.45, 2.75) is 32.9 Å². The summed E-state index contributed by atoms with van der Waals surface area (Å²) >= 11 is 0. The standard InChI is InChI=1S/C23H23F3N2O3/c1-3-5-12-31-20-11-10-16(14-21(20)30-4-2)13-17(15-27)22(29)28-19-9-7-6-8-18(19)23(24,25)26/h6-11,13-14H,3-5,12H2,1-2H3,(H,28,29)/b17-13+. The minimum Gasteiger partial charge on any atom is -0.490 e. The Balaban J connectivity index is 2.28. The van der Waals surface area contributed by atoms with Gasteiger partial charge < -0.3 is 14.8 Å². The number of hydrogen-bond acceptors (Lipinski definition) is 4. The number of benzene rings is 2. The molecule has 31 heavy (non-hydrogen) atoms. The Hall–Kier alpha value is -3.47. The largest absolute Gasteiger partial charge is 0.490 e. The van der Waals surface area contributed by atoms with Gasteiger partial charge in [0.2, 0.25) is 0 Å². The van der Waals surface area contributed by atoms with E-state index in [2.05, 4.69) is 5.32 Å². The van der Waals surface area contributed by atoms with Crippen molar-refractivity contribution in [2.75, 3.05) is 18.5 Å². The molecule has 2 aromatic carbocycles. The van der Waals surface area contributed by atoms with Crippen LogP contribution < -0.4 is 14.8 Å². The minimum atomic E-state index is -4.64. The summed E-state index contributed by atoms with van der Waals surface area (Å²) in [7, 11) is 0. The lowest BCUT2D eigenvalue weighted by Crippen LogP contribution is -2.17. The molecule has 0 saturated heterocycles. The first kappa shape index (κ1) is 23.8. The van der Waals surface area contributed by atoms with E-state index in [4.69, 9.17) is 9.47 Å². The fourth-order valence-corrected chi connectivity index (χ4v) is 2.67. The maximum Gasteiger partial charge on any atom is 0.418 e. The van der Waals surface area contributed by atoms with Crippen LogP contribution in [0.3, 0.4) is 0 Å². The molecule has 0 aromatic heterocycles. The molecule has 0 aliphatic rings. The summed E-state index contributed by atoms with van der Waals surface area (Å²) in [6.07, 6.45) is -1.50. The van der Waals surface area contributed by atoms with Gasteiger partial charge in [-0.05, 0) is 49.2 Å². The number of carbonyl (C=O) groups is 1. The van der Waals surface area contributed by atoms with Crippen LogP contribution in [0.15, 0.2) is 48.0 Å². The summed E-state index contributed by atoms with van der Waals surface area (Å²) in [5.74, 6) is 0.0439. The van der Waals surface area contributed by atoms with E-state index in [1.807, 2.05) is 13.8 Å². The lowest BCUT2D eigenvalue weighted by Gasteiger charge is -2.13. The predicted molar refractivity (Wildman–Crippen MR) is 112 cm³/mol. The van der Waals surface area contributed by atoms with Crippen LogP contribution >= 0.6 is 0 Å². The third-order valence-corrected chi connectivity index (χ3v) is 4.18. The zero-order valence-corrected chi connectivity index (χ0v) is 17.3. The van der Waals surface area contributed by atoms with Crippen LogP contribution in [0.5, 0.6) is 11.5 Å². The number of unbranched alkanes of at least 4 members (excludes halogenated alkanes) is 1. The van der Waals surface area contributed by atoms with Crippen LogP contribution in [0.4, 0.5) is 18.9 Å². The number of nitriles is 1. The first-order chi connectivity index (χ1) is 14.8. The summed E-state index contributed by atoms with van der Waals surface area (Å²) in [5.41, 5.74) is -1.29. The SMILES string of the molecule is CCCCOc1ccc(/C=C(\C#N)C(=O)Nc2ccccc2C(F)(F)F)cc1OCC. The van der Waals surface area contributed by atoms with E-state index in [0.29, 0.717) is 30.3 Å². The average molecular weight is 432 g/mol. The molecule has 2 aromatic rings. The van der Waals surface area contributed by atoms with Crippen molar-refractivity contribution < 1.29 is 27.4 Å². The summed E-state index contributed by atoms with van der Waals surface area (Å²) in [6, 6.07) is 11.2. The molecule has 0 unspecified atom stereocenters. The minimum absolute atomic E-state index is 0.348. The van der Waals surface area contributed by atoms with Crippen LogP contribution in [0, 0.1) is 11.3 Å². The highest BCUT2D eigenvalue weighted by Crippen LogP contribution is 2.35. The Labute approximate surface area is 179 Å². The average Bonchev–Trinajstić information content (AvgIpc) is 2.73. The quantitative estimate of drug-likeness (QED) is 0.308. The molecular weight excluding hydrogens is 409 g/mol. The van der Waals surface area contributed by atoms with Crippen LogP contribution in [0.25, 0.3) is 6.08 Å². The monoisotopic (exact) mass is 432 g/mol. The Morgan fingerprint density at radius 3 is 2.52 bits per heavy atom. The van der Waals surface area contributed by atoms with Gasteiger partial charge in [-0.25, -0.2) is 0 Å². The fraction of sp³-hybridized carbons (Fsp3) is 0.304. The van der Waals surface area contributed by atoms with Gasteiger partial charge in [0.1, 0.15) is 11.6 Å². The number of anilines is 1. The van der Waals surface area contributed by atoms with Crippen molar-refractivity contribution in [1.82, 2.24) is 0 Å². The Morgan fingerprint density at radius 1 is 1.13 bits per heavy atom. The summed E-state index contributed by atoms with van der Waals surface area (Å²) < 4.78 is 50.7. The zero-order valence-electron chi connectivity index (χ0n) is 17.3. The number of amides is 1. The number of carbonyl (C=O) groups excluding carboxylic acids is 1. The second-order valence-corrected chi connectivity index (χ2v) is 6.51. The summed E-state index contributed by atoms with van der Waals surface area (Å²) in [4.78, 5) is 12.5. The lowest BCUT2D eigenvalue weighted by molar-refractivity contribution is -0.137. The van der Waals surface area contributed by atoms with Crippen molar-refractivity contribution in [3.8, 4) is 17.6 Å². The van der Waals surface area contributed by atoms with Crippen molar-refractivity contribution in [2.24, 2.45) is 0 Å². The van der Waals surface area contributed by atoms with Crippen LogP contribution in [-0.2, 0) is 11.0 Å². The van der Waals surface area contributed by atoms with Gasteiger partial charge in [-0.1, -0.05) is 31.5 Å². The number of halogens is 3. The number of hydrogen-bond donors (Lipinski definition) is 1. The fourth-order valence-electron chi connectivity index (χ4n) is 2.67. The molecule has 0 aliphatic carbocycles. The third kappa shape index (κ3) is 6.78. The van der Waals surface area contributed by atoms with Crippen molar-refractivity contribution >= 4 is 17.7 Å². The van der Waals surface area contributed by atoms with Crippen molar-refractivity contribution in [3.05, 3.63) is 59.2 Å². The molecule has 1 amide bonds. The van der Waals surface area contributed by atoms with Gasteiger partial charge >= 0.3 is 6.18 Å². The highest BCUT2D eigenvalue weighted by Gasteiger charge is 2.33. The smallest absolute Gasteiger partial charge is 0.418 e. The first-order valence-electron chi connectivity index (χ1n) is 9.79. The first-order valence-corrected chi connectivity index (χ1v) is 9.79. The molecule has 5 nitrogen and oxygen atoms in total. The van der Waals surface area contributed by atoms with E-state index in [1.54, 1.807) is 24.3 Å². The van der Waals surface area contributed by atoms with Gasteiger partial charge in [0.05, 0.1) is 24.5 Å². The number of rotatable bonds is 9. The van der Waals surface area contributed by atoms with E-state index in [9.17, 15) is 23.2 Å². The summed E-state index contributed by atoms with van der Waals surface area (Å²) in [6.45, 7) is 4.76. The Kier molecular flexibility index (Phi) is 8.50. The van der Waals surface area contributed by atoms with Crippen LogP contribution in [0.1, 0.15) is 37.8 Å².